The van der Waals surface area contributed by atoms with Crippen LogP contribution in [0.25, 0.3) is 38.5 Å². The van der Waals surface area contributed by atoms with E-state index < -0.39 is 0 Å². The summed E-state index contributed by atoms with van der Waals surface area (Å²) < 4.78 is 13.2. The van der Waals surface area contributed by atoms with Crippen molar-refractivity contribution in [2.24, 2.45) is 7.05 Å². The van der Waals surface area contributed by atoms with Crippen LogP contribution in [-0.4, -0.2) is 46.5 Å². The molecule has 456 valence electrons. The molecular formula is C74H110N10. The lowest BCUT2D eigenvalue weighted by molar-refractivity contribution is 0.888. The lowest BCUT2D eigenvalue weighted by Gasteiger charge is -2.02. The molecule has 11 aromatic heterocycles. The van der Waals surface area contributed by atoms with Gasteiger partial charge in [-0.2, -0.15) is 0 Å². The van der Waals surface area contributed by atoms with Crippen molar-refractivity contribution in [3.8, 4) is 0 Å². The first kappa shape index (κ1) is 74.3. The third kappa shape index (κ3) is 18.1. The molecule has 11 heterocycles. The van der Waals surface area contributed by atoms with Gasteiger partial charge in [0.15, 0.2) is 0 Å². The molecule has 0 spiro atoms. The smallest absolute Gasteiger partial charge is 0.137 e. The number of aromatic nitrogens is 10. The van der Waals surface area contributed by atoms with Crippen LogP contribution < -0.4 is 0 Å². The van der Waals surface area contributed by atoms with E-state index in [1.807, 2.05) is 146 Å². The molecule has 0 bridgehead atoms. The van der Waals surface area contributed by atoms with Gasteiger partial charge in [-0.3, -0.25) is 9.97 Å². The molecule has 0 aliphatic heterocycles. The van der Waals surface area contributed by atoms with E-state index in [1.165, 1.54) is 117 Å². The molecule has 0 aliphatic carbocycles. The SMILES string of the molecule is CC.CC.CC.CC.CC.CC.Cc1cc2cccc(C)n2c1C.Cc1cc2ccnc(C)n2c1C.Cc1cc2cncc(C)n2c1C.Cc1cc2nccc(C)n2c1C.Cc1cccc2cn(C)c(C)c12.Cc1cn2ccnc(C)c2c1C. The first-order valence-corrected chi connectivity index (χ1v) is 30.8. The van der Waals surface area contributed by atoms with E-state index in [0.717, 1.165) is 17.2 Å². The van der Waals surface area contributed by atoms with Crippen LogP contribution in [0.5, 0.6) is 0 Å². The van der Waals surface area contributed by atoms with Crippen LogP contribution in [0.2, 0.25) is 0 Å². The van der Waals surface area contributed by atoms with Gasteiger partial charge in [-0.15, -0.1) is 0 Å². The molecule has 0 saturated heterocycles. The van der Waals surface area contributed by atoms with Crippen LogP contribution in [0.3, 0.4) is 0 Å². The Kier molecular flexibility index (Phi) is 32.5. The van der Waals surface area contributed by atoms with Crippen molar-refractivity contribution in [2.75, 3.05) is 0 Å². The zero-order valence-corrected chi connectivity index (χ0v) is 58.0. The summed E-state index contributed by atoms with van der Waals surface area (Å²) in [4.78, 5) is 16.9. The molecule has 0 atom stereocenters. The Hall–Kier alpha value is -7.72. The minimum Gasteiger partial charge on any atom is -0.353 e. The highest BCUT2D eigenvalue weighted by Crippen LogP contribution is 2.24. The number of hydrogen-bond donors (Lipinski definition) is 0. The van der Waals surface area contributed by atoms with Gasteiger partial charge in [0.2, 0.25) is 0 Å². The second-order valence-electron chi connectivity index (χ2n) is 19.5. The van der Waals surface area contributed by atoms with Crippen LogP contribution >= 0.6 is 0 Å². The summed E-state index contributed by atoms with van der Waals surface area (Å²) in [6.07, 6.45) is 15.6. The van der Waals surface area contributed by atoms with Gasteiger partial charge >= 0.3 is 0 Å². The van der Waals surface area contributed by atoms with Gasteiger partial charge in [-0.25, -0.2) is 9.97 Å². The highest BCUT2D eigenvalue weighted by molar-refractivity contribution is 5.88. The van der Waals surface area contributed by atoms with Gasteiger partial charge in [-0.05, 0) is 211 Å². The molecule has 0 radical (unpaired) electrons. The van der Waals surface area contributed by atoms with Crippen molar-refractivity contribution in [2.45, 2.75) is 201 Å². The van der Waals surface area contributed by atoms with Crippen LogP contribution in [-0.2, 0) is 7.05 Å². The number of benzene rings is 1. The third-order valence-corrected chi connectivity index (χ3v) is 14.5. The Bertz CT molecular complexity index is 3210. The van der Waals surface area contributed by atoms with E-state index >= 15 is 0 Å². The van der Waals surface area contributed by atoms with Gasteiger partial charge in [-0.1, -0.05) is 107 Å². The first-order chi connectivity index (χ1) is 40.2. The van der Waals surface area contributed by atoms with Crippen LogP contribution in [0.1, 0.15) is 179 Å². The van der Waals surface area contributed by atoms with E-state index in [0.29, 0.717) is 0 Å². The van der Waals surface area contributed by atoms with E-state index in [2.05, 4.69) is 230 Å². The molecule has 12 aromatic rings. The van der Waals surface area contributed by atoms with Crippen LogP contribution in [0.4, 0.5) is 0 Å². The molecule has 1 aromatic carbocycles. The fraction of sp³-hybridized carbons (Fsp3) is 0.405. The Morgan fingerprint density at radius 2 is 0.857 bits per heavy atom. The van der Waals surface area contributed by atoms with Crippen molar-refractivity contribution in [1.82, 2.24) is 46.5 Å². The second-order valence-corrected chi connectivity index (χ2v) is 19.5. The Morgan fingerprint density at radius 1 is 0.369 bits per heavy atom. The summed E-state index contributed by atoms with van der Waals surface area (Å²) in [7, 11) is 2.09. The monoisotopic (exact) mass is 1140 g/mol. The largest absolute Gasteiger partial charge is 0.353 e. The predicted molar refractivity (Wildman–Crippen MR) is 370 cm³/mol. The molecule has 12 rings (SSSR count). The van der Waals surface area contributed by atoms with Crippen molar-refractivity contribution < 1.29 is 0 Å². The number of fused-ring (bicyclic) bond motifs is 6. The van der Waals surface area contributed by atoms with Crippen LogP contribution in [0, 0.1) is 118 Å². The summed E-state index contributed by atoms with van der Waals surface area (Å²) in [5.74, 6) is 1.05. The molecule has 0 aliphatic rings. The Balaban J connectivity index is 0.000000486. The minimum atomic E-state index is 1.05. The van der Waals surface area contributed by atoms with Gasteiger partial charge in [0.25, 0.3) is 0 Å². The number of rotatable bonds is 0. The lowest BCUT2D eigenvalue weighted by atomic mass is 10.1. The molecule has 10 nitrogen and oxygen atoms in total. The molecule has 0 N–H and O–H groups in total. The van der Waals surface area contributed by atoms with E-state index in [9.17, 15) is 0 Å². The summed E-state index contributed by atoms with van der Waals surface area (Å²) in [6, 6.07) is 25.6. The minimum absolute atomic E-state index is 1.05. The lowest BCUT2D eigenvalue weighted by Crippen LogP contribution is -1.95. The van der Waals surface area contributed by atoms with Crippen molar-refractivity contribution in [3.63, 3.8) is 0 Å². The van der Waals surface area contributed by atoms with Gasteiger partial charge in [0.05, 0.1) is 22.9 Å². The topological polar surface area (TPSA) is 78.5 Å². The normalized spacial score (nSPS) is 9.79. The third-order valence-electron chi connectivity index (χ3n) is 14.5. The van der Waals surface area contributed by atoms with Crippen molar-refractivity contribution >= 4 is 38.5 Å². The van der Waals surface area contributed by atoms with E-state index in [1.54, 1.807) is 0 Å². The fourth-order valence-electron chi connectivity index (χ4n) is 9.83. The molecule has 0 fully saturated rings. The van der Waals surface area contributed by atoms with Crippen LogP contribution in [0.15, 0.2) is 122 Å². The molecule has 0 amide bonds. The van der Waals surface area contributed by atoms with E-state index in [4.69, 9.17) is 0 Å². The average molecular weight is 1140 g/mol. The van der Waals surface area contributed by atoms with E-state index in [-0.39, 0.29) is 0 Å². The van der Waals surface area contributed by atoms with Crippen molar-refractivity contribution in [3.05, 3.63) is 218 Å². The average Bonchev–Trinajstić information content (AvgIpc) is 4.39. The van der Waals surface area contributed by atoms with Crippen molar-refractivity contribution in [1.29, 1.82) is 0 Å². The maximum Gasteiger partial charge on any atom is 0.137 e. The maximum atomic E-state index is 4.29. The summed E-state index contributed by atoms with van der Waals surface area (Å²) in [6.45, 7) is 60.0. The number of hydrogen-bond acceptors (Lipinski definition) is 4. The molecule has 10 heteroatoms. The Labute approximate surface area is 508 Å². The Morgan fingerprint density at radius 3 is 1.38 bits per heavy atom. The van der Waals surface area contributed by atoms with Gasteiger partial charge < -0.3 is 26.6 Å². The standard InChI is InChI=1S/2C11H13N.4C10H12N2.6C2H6/c1-8-7-11-6-4-5-9(2)12(11)10(8)3;1-8-5-4-6-10-7-12(3)9(2)11(8)10;1-7-4-10-6-11-5-8(2)12(10)9(7)3;1-7-6-12-5-4-11-9(3)10(12)8(7)2;1-7-6-10-4-5-11-9(3)12(10)8(7)2;1-7-6-10-11-5-4-8(2)12(10)9(7)3;6*1-2/h2*4-7H,1-3H3;4*4-6H,1-3H3;6*1-2H3. The predicted octanol–water partition coefficient (Wildman–Crippen LogP) is 20.9. The highest BCUT2D eigenvalue weighted by Gasteiger charge is 2.08. The quantitative estimate of drug-likeness (QED) is 0.152. The second kappa shape index (κ2) is 36.8. The maximum absolute atomic E-state index is 4.29. The summed E-state index contributed by atoms with van der Waals surface area (Å²) in [5.41, 5.74) is 26.8. The summed E-state index contributed by atoms with van der Waals surface area (Å²) >= 11 is 0. The number of pyridine rings is 1. The molecular weight excluding hydrogens is 1030 g/mol. The van der Waals surface area contributed by atoms with Gasteiger partial charge in [0.1, 0.15) is 11.5 Å². The highest BCUT2D eigenvalue weighted by atomic mass is 15.0. The molecule has 84 heavy (non-hydrogen) atoms. The fourth-order valence-corrected chi connectivity index (χ4v) is 9.83. The van der Waals surface area contributed by atoms with Gasteiger partial charge in [0, 0.05) is 112 Å². The summed E-state index contributed by atoms with van der Waals surface area (Å²) in [5, 5.41) is 2.75. The zero-order chi connectivity index (χ0) is 64.3. The molecule has 0 saturated carbocycles. The first-order valence-electron chi connectivity index (χ1n) is 30.8. The molecule has 0 unspecified atom stereocenters. The number of aryl methyl sites for hydroxylation is 18. The number of nitrogens with zero attached hydrogens (tertiary/aromatic N) is 10. The zero-order valence-electron chi connectivity index (χ0n) is 58.0.